The predicted molar refractivity (Wildman–Crippen MR) is 334 cm³/mol. The van der Waals surface area contributed by atoms with Crippen LogP contribution < -0.4 is 18.9 Å². The molecule has 0 aliphatic carbocycles. The van der Waals surface area contributed by atoms with Gasteiger partial charge in [0.1, 0.15) is 58.0 Å². The summed E-state index contributed by atoms with van der Waals surface area (Å²) in [5.41, 5.74) is 1.31. The molecule has 4 aromatic rings. The van der Waals surface area contributed by atoms with Crippen LogP contribution in [0.3, 0.4) is 0 Å². The number of halogens is 2. The van der Waals surface area contributed by atoms with Crippen molar-refractivity contribution in [2.75, 3.05) is 48.6 Å². The second kappa shape index (κ2) is 34.8. The zero-order chi connectivity index (χ0) is 66.3. The topological polar surface area (TPSA) is 249 Å². The Balaban J connectivity index is 0.000000330. The highest BCUT2D eigenvalue weighted by Crippen LogP contribution is 2.39. The van der Waals surface area contributed by atoms with E-state index in [9.17, 15) is 34.5 Å². The van der Waals surface area contributed by atoms with Crippen molar-refractivity contribution in [1.82, 2.24) is 0 Å². The molecule has 2 saturated heterocycles. The van der Waals surface area contributed by atoms with Crippen molar-refractivity contribution >= 4 is 44.1 Å². The predicted octanol–water partition coefficient (Wildman–Crippen LogP) is 12.1. The lowest BCUT2D eigenvalue weighted by Gasteiger charge is -2.25. The van der Waals surface area contributed by atoms with Crippen LogP contribution in [0.25, 0.3) is 12.2 Å². The highest BCUT2D eigenvalue weighted by atomic mass is 28.3. The van der Waals surface area contributed by atoms with Crippen molar-refractivity contribution in [2.45, 2.75) is 153 Å². The van der Waals surface area contributed by atoms with Crippen LogP contribution in [0, 0.1) is 0 Å². The maximum Gasteiger partial charge on any atom is 0.342 e. The number of carboxylic acids is 1. The fraction of sp³-hybridized carbons (Fsp3) is 0.463. The van der Waals surface area contributed by atoms with Gasteiger partial charge < -0.3 is 76.9 Å². The lowest BCUT2D eigenvalue weighted by molar-refractivity contribution is -0.154. The molecular formula is C67H86F2O20Si. The van der Waals surface area contributed by atoms with Crippen LogP contribution >= 0.6 is 0 Å². The van der Waals surface area contributed by atoms with E-state index in [1.54, 1.807) is 125 Å². The van der Waals surface area contributed by atoms with Gasteiger partial charge in [-0.15, -0.1) is 0 Å². The number of carbonyl (C=O) groups is 4. The van der Waals surface area contributed by atoms with Gasteiger partial charge in [-0.3, -0.25) is 0 Å². The van der Waals surface area contributed by atoms with E-state index in [1.165, 1.54) is 60.5 Å². The highest BCUT2D eigenvalue weighted by molar-refractivity contribution is 6.76. The van der Waals surface area contributed by atoms with Crippen LogP contribution in [-0.4, -0.2) is 156 Å². The molecule has 0 saturated carbocycles. The maximum atomic E-state index is 15.7. The molecule has 3 N–H and O–H groups in total. The van der Waals surface area contributed by atoms with Gasteiger partial charge in [0.25, 0.3) is 0 Å². The zero-order valence-corrected chi connectivity index (χ0v) is 54.4. The molecular weight excluding hydrogens is 1190 g/mol. The summed E-state index contributed by atoms with van der Waals surface area (Å²) in [5.74, 6) is -6.01. The van der Waals surface area contributed by atoms with Gasteiger partial charge in [-0.05, 0) is 133 Å². The first kappa shape index (κ1) is 73.4. The van der Waals surface area contributed by atoms with E-state index in [0.717, 1.165) is 12.1 Å². The fourth-order valence-electron chi connectivity index (χ4n) is 9.30. The third-order valence-electron chi connectivity index (χ3n) is 13.6. The van der Waals surface area contributed by atoms with E-state index in [2.05, 4.69) is 19.6 Å². The molecule has 2 unspecified atom stereocenters. The Morgan fingerprint density at radius 1 is 0.600 bits per heavy atom. The van der Waals surface area contributed by atoms with Gasteiger partial charge in [-0.2, -0.15) is 0 Å². The molecule has 8 atom stereocenters. The summed E-state index contributed by atoms with van der Waals surface area (Å²) in [6, 6.07) is 23.4. The van der Waals surface area contributed by atoms with E-state index in [0.29, 0.717) is 17.1 Å². The second-order valence-corrected chi connectivity index (χ2v) is 28.9. The average molecular weight is 1280 g/mol. The number of carbonyl (C=O) groups excluding carboxylic acids is 3. The number of ether oxygens (including phenoxy) is 13. The number of esters is 3. The molecule has 4 aromatic carbocycles. The van der Waals surface area contributed by atoms with Crippen LogP contribution in [-0.2, 0) is 42.6 Å². The summed E-state index contributed by atoms with van der Waals surface area (Å²) < 4.78 is 105. The standard InChI is InChI=1S/C36H49FO10Si.C31H37FO10/c1-24(38)17-18-28(37)32(45-34(39)25-13-10-9-11-14-25)33-29(46-36(2,3)47-33)16-12-15-26-21-27(42-5)22-30(44-23-41-4)31(26)35(40)43-19-20-48(6,7)8;1-19(33)14-15-23(32)27(40-30(36)20-10-7-6-8-11-20)28-24(41-31(2,3)42-28)13-9-12-21-16-22(38-5)17-25(39-18-37-4)26(21)29(34)35/h9-15,18,21-22,24,29,32-33,38H,16-17,19-20,23H2,1-8H3;6-12,15-17,19,24,27-28,33H,13-14,18H2,1-5H3,(H,34,35)/b15-12+,28-18+;12-9+,23-15+/t24-,29+,32?,33+;19-,24+,27?,28+/m11/s1. The van der Waals surface area contributed by atoms with Crippen LogP contribution in [0.2, 0.25) is 25.7 Å². The van der Waals surface area contributed by atoms with Crippen molar-refractivity contribution in [3.8, 4) is 23.0 Å². The van der Waals surface area contributed by atoms with Crippen LogP contribution in [0.4, 0.5) is 8.78 Å². The maximum absolute atomic E-state index is 15.7. The van der Waals surface area contributed by atoms with E-state index in [4.69, 9.17) is 61.6 Å². The summed E-state index contributed by atoms with van der Waals surface area (Å²) in [7, 11) is 4.37. The van der Waals surface area contributed by atoms with E-state index < -0.39 is 104 Å². The summed E-state index contributed by atoms with van der Waals surface area (Å²) >= 11 is 0. The zero-order valence-electron chi connectivity index (χ0n) is 53.4. The van der Waals surface area contributed by atoms with Crippen LogP contribution in [0.1, 0.15) is 120 Å². The quantitative estimate of drug-likeness (QED) is 0.0183. The monoisotopic (exact) mass is 1280 g/mol. The molecule has 0 spiro atoms. The van der Waals surface area contributed by atoms with Crippen LogP contribution in [0.5, 0.6) is 23.0 Å². The number of aromatic carboxylic acids is 1. The molecule has 2 aliphatic heterocycles. The lowest BCUT2D eigenvalue weighted by Crippen LogP contribution is -2.39. The number of rotatable bonds is 31. The molecule has 23 heteroatoms. The number of carboxylic acid groups (broad SMARTS) is 1. The van der Waals surface area contributed by atoms with Crippen molar-refractivity contribution in [2.24, 2.45) is 0 Å². The third-order valence-corrected chi connectivity index (χ3v) is 15.3. The number of hydrogen-bond acceptors (Lipinski definition) is 19. The van der Waals surface area contributed by atoms with Crippen molar-refractivity contribution in [3.05, 3.63) is 154 Å². The molecule has 492 valence electrons. The van der Waals surface area contributed by atoms with Gasteiger partial charge in [0.05, 0.1) is 56.4 Å². The van der Waals surface area contributed by atoms with Gasteiger partial charge >= 0.3 is 23.9 Å². The first-order chi connectivity index (χ1) is 42.6. The Morgan fingerprint density at radius 2 is 1.00 bits per heavy atom. The first-order valence-electron chi connectivity index (χ1n) is 29.3. The third kappa shape index (κ3) is 22.9. The number of benzene rings is 4. The van der Waals surface area contributed by atoms with Gasteiger partial charge in [0.15, 0.2) is 37.4 Å². The average Bonchev–Trinajstić information content (AvgIpc) is 1.54. The van der Waals surface area contributed by atoms with Crippen LogP contribution in [0.15, 0.2) is 121 Å². The molecule has 2 fully saturated rings. The SMILES string of the molecule is COCOc1cc(OC)cc(/C=C/C[C@@H]2OC(C)(C)O[C@@H]2C(OC(=O)c2ccccc2)/C(F)=C\C[C@@H](C)O)c1C(=O)O.COCOc1cc(OC)cc(/C=C/C[C@@H]2OC(C)(C)O[C@@H]2C(OC(=O)c2ccccc2)/C(F)=C\C[C@@H](C)O)c1C(=O)OCC[Si](C)(C)C. The van der Waals surface area contributed by atoms with E-state index in [1.807, 2.05) is 0 Å². The van der Waals surface area contributed by atoms with Gasteiger partial charge in [-0.25, -0.2) is 28.0 Å². The van der Waals surface area contributed by atoms with Gasteiger partial charge in [-0.1, -0.05) is 80.3 Å². The fourth-order valence-corrected chi connectivity index (χ4v) is 10.0. The van der Waals surface area contributed by atoms with Crippen molar-refractivity contribution in [3.63, 3.8) is 0 Å². The number of hydrogen-bond donors (Lipinski definition) is 3. The molecule has 2 aliphatic rings. The minimum absolute atomic E-state index is 0.00591. The Labute approximate surface area is 526 Å². The first-order valence-corrected chi connectivity index (χ1v) is 33.0. The lowest BCUT2D eigenvalue weighted by atomic mass is 10.0. The van der Waals surface area contributed by atoms with Gasteiger partial charge in [0.2, 0.25) is 0 Å². The Bertz CT molecular complexity index is 3100. The number of aliphatic hydroxyl groups excluding tert-OH is 2. The van der Waals surface area contributed by atoms with E-state index >= 15 is 8.78 Å². The largest absolute Gasteiger partial charge is 0.497 e. The summed E-state index contributed by atoms with van der Waals surface area (Å²) in [5, 5.41) is 29.3. The van der Waals surface area contributed by atoms with Gasteiger partial charge in [0, 0.05) is 34.4 Å². The highest BCUT2D eigenvalue weighted by Gasteiger charge is 2.49. The van der Waals surface area contributed by atoms with E-state index in [-0.39, 0.29) is 85.2 Å². The second-order valence-electron chi connectivity index (χ2n) is 23.3. The molecule has 0 bridgehead atoms. The molecule has 2 heterocycles. The Hall–Kier alpha value is -7.32. The van der Waals surface area contributed by atoms with Crippen molar-refractivity contribution < 1.29 is 105 Å². The summed E-state index contributed by atoms with van der Waals surface area (Å²) in [6.45, 7) is 16.3. The Morgan fingerprint density at radius 3 is 1.37 bits per heavy atom. The molecule has 0 radical (unpaired) electrons. The molecule has 0 aromatic heterocycles. The summed E-state index contributed by atoms with van der Waals surface area (Å²) in [4.78, 5) is 51.5. The molecule has 0 amide bonds. The smallest absolute Gasteiger partial charge is 0.342 e. The Kier molecular flexibility index (Phi) is 28.4. The molecule has 6 rings (SSSR count). The minimum Gasteiger partial charge on any atom is -0.497 e. The minimum atomic E-state index is -1.47. The number of aliphatic hydroxyl groups is 2. The molecule has 90 heavy (non-hydrogen) atoms. The summed E-state index contributed by atoms with van der Waals surface area (Å²) in [6.07, 6.45) is 1.11. The number of methoxy groups -OCH3 is 4. The normalized spacial score (nSPS) is 19.5. The molecule has 20 nitrogen and oxygen atoms in total. The van der Waals surface area contributed by atoms with Crippen molar-refractivity contribution in [1.29, 1.82) is 0 Å².